The van der Waals surface area contributed by atoms with Crippen LogP contribution in [0.25, 0.3) is 0 Å². The molecular formula is C17H28N4O3. The van der Waals surface area contributed by atoms with E-state index >= 15 is 0 Å². The molecule has 7 nitrogen and oxygen atoms in total. The zero-order valence-electron chi connectivity index (χ0n) is 14.4. The van der Waals surface area contributed by atoms with Gasteiger partial charge in [-0.15, -0.1) is 13.2 Å². The minimum Gasteiger partial charge on any atom is -0.378 e. The number of carbonyl (C=O) groups excluding carboxylic acids is 2. The number of piperazine rings is 1. The van der Waals surface area contributed by atoms with Crippen LogP contribution in [0.4, 0.5) is 4.79 Å². The number of ether oxygens (including phenoxy) is 1. The van der Waals surface area contributed by atoms with E-state index in [1.165, 1.54) is 0 Å². The average molecular weight is 336 g/mol. The number of nitrogens with zero attached hydrogens (tertiary/aromatic N) is 4. The van der Waals surface area contributed by atoms with Crippen LogP contribution < -0.4 is 0 Å². The van der Waals surface area contributed by atoms with Crippen molar-refractivity contribution >= 4 is 11.9 Å². The second-order valence-corrected chi connectivity index (χ2v) is 6.02. The number of amides is 3. The quantitative estimate of drug-likeness (QED) is 0.653. The largest absolute Gasteiger partial charge is 0.378 e. The summed E-state index contributed by atoms with van der Waals surface area (Å²) in [6.45, 7) is 14.1. The van der Waals surface area contributed by atoms with Gasteiger partial charge >= 0.3 is 6.03 Å². The van der Waals surface area contributed by atoms with E-state index in [1.54, 1.807) is 17.1 Å². The van der Waals surface area contributed by atoms with Crippen LogP contribution in [0.3, 0.4) is 0 Å². The zero-order valence-corrected chi connectivity index (χ0v) is 14.4. The molecule has 0 unspecified atom stereocenters. The molecule has 24 heavy (non-hydrogen) atoms. The third-order valence-corrected chi connectivity index (χ3v) is 4.33. The number of carbonyl (C=O) groups is 2. The van der Waals surface area contributed by atoms with Gasteiger partial charge in [-0.3, -0.25) is 9.69 Å². The van der Waals surface area contributed by atoms with Gasteiger partial charge in [0.2, 0.25) is 5.91 Å². The molecule has 2 saturated heterocycles. The van der Waals surface area contributed by atoms with Gasteiger partial charge < -0.3 is 19.4 Å². The van der Waals surface area contributed by atoms with E-state index in [1.807, 2.05) is 9.80 Å². The molecule has 134 valence electrons. The minimum atomic E-state index is 0.0720. The van der Waals surface area contributed by atoms with Crippen LogP contribution in [0.1, 0.15) is 0 Å². The topological polar surface area (TPSA) is 56.3 Å². The molecular weight excluding hydrogens is 308 g/mol. The Balaban J connectivity index is 1.77. The van der Waals surface area contributed by atoms with Gasteiger partial charge in [-0.2, -0.15) is 0 Å². The maximum Gasteiger partial charge on any atom is 0.320 e. The highest BCUT2D eigenvalue weighted by molar-refractivity contribution is 5.78. The number of hydrogen-bond donors (Lipinski definition) is 0. The van der Waals surface area contributed by atoms with Crippen LogP contribution in [-0.4, -0.2) is 104 Å². The Morgan fingerprint density at radius 2 is 1.46 bits per heavy atom. The molecule has 0 bridgehead atoms. The molecule has 2 heterocycles. The first-order valence-corrected chi connectivity index (χ1v) is 8.49. The van der Waals surface area contributed by atoms with E-state index in [4.69, 9.17) is 4.74 Å². The van der Waals surface area contributed by atoms with Crippen molar-refractivity contribution in [2.24, 2.45) is 0 Å². The lowest BCUT2D eigenvalue weighted by molar-refractivity contribution is -0.131. The van der Waals surface area contributed by atoms with Crippen molar-refractivity contribution in [1.29, 1.82) is 0 Å². The Kier molecular flexibility index (Phi) is 7.27. The van der Waals surface area contributed by atoms with Gasteiger partial charge in [0.25, 0.3) is 0 Å². The maximum atomic E-state index is 12.4. The van der Waals surface area contributed by atoms with Crippen LogP contribution in [0, 0.1) is 0 Å². The summed E-state index contributed by atoms with van der Waals surface area (Å²) >= 11 is 0. The van der Waals surface area contributed by atoms with Gasteiger partial charge in [0.1, 0.15) is 0 Å². The van der Waals surface area contributed by atoms with Crippen LogP contribution in [0.2, 0.25) is 0 Å². The molecule has 2 aliphatic rings. The van der Waals surface area contributed by atoms with Crippen molar-refractivity contribution in [3.63, 3.8) is 0 Å². The SMILES string of the molecule is C=CCN(CC=C)C(=O)CN1CCN(C(=O)N2CCOCC2)CC1. The normalized spacial score (nSPS) is 19.0. The Labute approximate surface area is 144 Å². The molecule has 0 aliphatic carbocycles. The van der Waals surface area contributed by atoms with Crippen molar-refractivity contribution in [2.45, 2.75) is 0 Å². The second kappa shape index (κ2) is 9.44. The van der Waals surface area contributed by atoms with Gasteiger partial charge in [0, 0.05) is 52.4 Å². The number of morpholine rings is 1. The Morgan fingerprint density at radius 3 is 2.00 bits per heavy atom. The zero-order chi connectivity index (χ0) is 17.4. The lowest BCUT2D eigenvalue weighted by atomic mass is 10.3. The van der Waals surface area contributed by atoms with Crippen LogP contribution in [0.5, 0.6) is 0 Å². The fourth-order valence-electron chi connectivity index (χ4n) is 2.93. The van der Waals surface area contributed by atoms with Crippen LogP contribution in [-0.2, 0) is 9.53 Å². The first kappa shape index (κ1) is 18.5. The van der Waals surface area contributed by atoms with E-state index in [2.05, 4.69) is 18.1 Å². The Bertz CT molecular complexity index is 445. The number of hydrogen-bond acceptors (Lipinski definition) is 4. The summed E-state index contributed by atoms with van der Waals surface area (Å²) in [7, 11) is 0. The fourth-order valence-corrected chi connectivity index (χ4v) is 2.93. The van der Waals surface area contributed by atoms with Gasteiger partial charge in [0.05, 0.1) is 19.8 Å². The summed E-state index contributed by atoms with van der Waals surface area (Å²) in [5, 5.41) is 0. The standard InChI is InChI=1S/C17H28N4O3/c1-3-5-19(6-4-2)16(22)15-18-7-9-20(10-8-18)17(23)21-11-13-24-14-12-21/h3-4H,1-2,5-15H2. The van der Waals surface area contributed by atoms with Gasteiger partial charge in [-0.25, -0.2) is 4.79 Å². The van der Waals surface area contributed by atoms with Crippen LogP contribution in [0.15, 0.2) is 25.3 Å². The lowest BCUT2D eigenvalue weighted by Gasteiger charge is -2.38. The minimum absolute atomic E-state index is 0.0720. The summed E-state index contributed by atoms with van der Waals surface area (Å²) in [6, 6.07) is 0.0872. The third kappa shape index (κ3) is 5.07. The summed E-state index contributed by atoms with van der Waals surface area (Å²) in [5.74, 6) is 0.0720. The molecule has 0 N–H and O–H groups in total. The predicted octanol–water partition coefficient (Wildman–Crippen LogP) is 0.257. The molecule has 2 rings (SSSR count). The fraction of sp³-hybridized carbons (Fsp3) is 0.647. The molecule has 0 radical (unpaired) electrons. The predicted molar refractivity (Wildman–Crippen MR) is 92.8 cm³/mol. The molecule has 0 aromatic rings. The number of rotatable bonds is 6. The highest BCUT2D eigenvalue weighted by Gasteiger charge is 2.27. The van der Waals surface area contributed by atoms with Crippen molar-refractivity contribution in [1.82, 2.24) is 19.6 Å². The molecule has 0 aromatic heterocycles. The van der Waals surface area contributed by atoms with Gasteiger partial charge in [-0.1, -0.05) is 12.2 Å². The number of urea groups is 1. The van der Waals surface area contributed by atoms with E-state index in [9.17, 15) is 9.59 Å². The molecule has 0 aromatic carbocycles. The molecule has 0 saturated carbocycles. The van der Waals surface area contributed by atoms with E-state index in [0.29, 0.717) is 59.0 Å². The van der Waals surface area contributed by atoms with Crippen molar-refractivity contribution in [3.05, 3.63) is 25.3 Å². The van der Waals surface area contributed by atoms with Crippen LogP contribution >= 0.6 is 0 Å². The third-order valence-electron chi connectivity index (χ3n) is 4.33. The van der Waals surface area contributed by atoms with Crippen molar-refractivity contribution < 1.29 is 14.3 Å². The molecule has 0 atom stereocenters. The summed E-state index contributed by atoms with van der Waals surface area (Å²) in [6.07, 6.45) is 3.45. The van der Waals surface area contributed by atoms with Crippen molar-refractivity contribution in [3.8, 4) is 0 Å². The van der Waals surface area contributed by atoms with E-state index in [0.717, 1.165) is 13.1 Å². The monoisotopic (exact) mass is 336 g/mol. The first-order chi connectivity index (χ1) is 11.7. The molecule has 0 spiro atoms. The second-order valence-electron chi connectivity index (χ2n) is 6.02. The lowest BCUT2D eigenvalue weighted by Crippen LogP contribution is -2.56. The molecule has 7 heteroatoms. The summed E-state index contributed by atoms with van der Waals surface area (Å²) in [5.41, 5.74) is 0. The van der Waals surface area contributed by atoms with Gasteiger partial charge in [0.15, 0.2) is 0 Å². The highest BCUT2D eigenvalue weighted by atomic mass is 16.5. The first-order valence-electron chi connectivity index (χ1n) is 8.49. The highest BCUT2D eigenvalue weighted by Crippen LogP contribution is 2.08. The van der Waals surface area contributed by atoms with E-state index < -0.39 is 0 Å². The smallest absolute Gasteiger partial charge is 0.320 e. The van der Waals surface area contributed by atoms with E-state index in [-0.39, 0.29) is 11.9 Å². The Hall–Kier alpha value is -1.86. The summed E-state index contributed by atoms with van der Waals surface area (Å²) < 4.78 is 5.28. The molecule has 2 aliphatic heterocycles. The molecule has 3 amide bonds. The molecule has 2 fully saturated rings. The van der Waals surface area contributed by atoms with Gasteiger partial charge in [-0.05, 0) is 0 Å². The van der Waals surface area contributed by atoms with Crippen molar-refractivity contribution in [2.75, 3.05) is 72.1 Å². The summed E-state index contributed by atoms with van der Waals surface area (Å²) in [4.78, 5) is 32.3. The average Bonchev–Trinajstić information content (AvgIpc) is 2.62. The Morgan fingerprint density at radius 1 is 0.917 bits per heavy atom. The maximum absolute atomic E-state index is 12.4.